The van der Waals surface area contributed by atoms with E-state index in [1.54, 1.807) is 12.1 Å². The molecule has 98 valence electrons. The minimum atomic E-state index is -0.249. The Balaban J connectivity index is 2.23. The lowest BCUT2D eigenvalue weighted by molar-refractivity contribution is -0.148. The highest BCUT2D eigenvalue weighted by Crippen LogP contribution is 2.33. The molecule has 3 nitrogen and oxygen atoms in total. The molecule has 2 atom stereocenters. The Morgan fingerprint density at radius 3 is 2.67 bits per heavy atom. The van der Waals surface area contributed by atoms with E-state index in [4.69, 9.17) is 4.74 Å². The zero-order chi connectivity index (χ0) is 13.1. The monoisotopic (exact) mass is 251 g/mol. The maximum Gasteiger partial charge on any atom is 0.310 e. The molecule has 2 rings (SSSR count). The van der Waals surface area contributed by atoms with Gasteiger partial charge in [-0.3, -0.25) is 4.79 Å². The largest absolute Gasteiger partial charge is 0.469 e. The fourth-order valence-electron chi connectivity index (χ4n) is 2.61. The second-order valence-corrected chi connectivity index (χ2v) is 4.84. The quantitative estimate of drug-likeness (QED) is 0.753. The van der Waals surface area contributed by atoms with Crippen LogP contribution in [0.4, 0.5) is 4.39 Å². The Kier molecular flexibility index (Phi) is 3.97. The molecule has 1 fully saturated rings. The van der Waals surface area contributed by atoms with Gasteiger partial charge in [-0.2, -0.15) is 0 Å². The van der Waals surface area contributed by atoms with Crippen LogP contribution in [-0.2, 0) is 9.53 Å². The zero-order valence-electron chi connectivity index (χ0n) is 10.7. The SMILES string of the molecule is COC(=O)C1CN(C)CC[C@H]1c1ccc(F)cc1. The summed E-state index contributed by atoms with van der Waals surface area (Å²) in [7, 11) is 3.41. The van der Waals surface area contributed by atoms with Crippen molar-refractivity contribution in [2.24, 2.45) is 5.92 Å². The molecule has 1 aliphatic rings. The van der Waals surface area contributed by atoms with Crippen LogP contribution in [0.2, 0.25) is 0 Å². The van der Waals surface area contributed by atoms with E-state index in [0.29, 0.717) is 6.54 Å². The van der Waals surface area contributed by atoms with E-state index in [0.717, 1.165) is 18.5 Å². The van der Waals surface area contributed by atoms with Crippen LogP contribution in [0.25, 0.3) is 0 Å². The van der Waals surface area contributed by atoms with E-state index < -0.39 is 0 Å². The van der Waals surface area contributed by atoms with Crippen molar-refractivity contribution in [2.45, 2.75) is 12.3 Å². The number of benzene rings is 1. The van der Waals surface area contributed by atoms with Gasteiger partial charge in [0.25, 0.3) is 0 Å². The van der Waals surface area contributed by atoms with E-state index in [-0.39, 0.29) is 23.6 Å². The van der Waals surface area contributed by atoms with Crippen LogP contribution in [0, 0.1) is 11.7 Å². The number of methoxy groups -OCH3 is 1. The third kappa shape index (κ3) is 2.70. The maximum atomic E-state index is 12.9. The van der Waals surface area contributed by atoms with Crippen LogP contribution in [0.3, 0.4) is 0 Å². The number of hydrogen-bond acceptors (Lipinski definition) is 3. The average molecular weight is 251 g/mol. The van der Waals surface area contributed by atoms with E-state index in [1.807, 2.05) is 7.05 Å². The van der Waals surface area contributed by atoms with Crippen LogP contribution in [0.15, 0.2) is 24.3 Å². The van der Waals surface area contributed by atoms with Crippen molar-refractivity contribution in [3.05, 3.63) is 35.6 Å². The number of rotatable bonds is 2. The highest BCUT2D eigenvalue weighted by atomic mass is 19.1. The van der Waals surface area contributed by atoms with Crippen LogP contribution >= 0.6 is 0 Å². The first-order valence-electron chi connectivity index (χ1n) is 6.13. The summed E-state index contributed by atoms with van der Waals surface area (Å²) in [6.07, 6.45) is 0.891. The Morgan fingerprint density at radius 2 is 2.06 bits per heavy atom. The molecule has 1 aromatic carbocycles. The molecule has 1 heterocycles. The van der Waals surface area contributed by atoms with Gasteiger partial charge in [-0.1, -0.05) is 12.1 Å². The van der Waals surface area contributed by atoms with Crippen molar-refractivity contribution in [3.8, 4) is 0 Å². The van der Waals surface area contributed by atoms with Gasteiger partial charge >= 0.3 is 5.97 Å². The highest BCUT2D eigenvalue weighted by molar-refractivity contribution is 5.74. The summed E-state index contributed by atoms with van der Waals surface area (Å²) < 4.78 is 17.8. The number of piperidine rings is 1. The second-order valence-electron chi connectivity index (χ2n) is 4.84. The lowest BCUT2D eigenvalue weighted by Crippen LogP contribution is -2.41. The molecule has 18 heavy (non-hydrogen) atoms. The van der Waals surface area contributed by atoms with Crippen molar-refractivity contribution in [2.75, 3.05) is 27.2 Å². The Labute approximate surface area is 107 Å². The fraction of sp³-hybridized carbons (Fsp3) is 0.500. The summed E-state index contributed by atoms with van der Waals surface area (Å²) in [5, 5.41) is 0. The third-order valence-electron chi connectivity index (χ3n) is 3.62. The maximum absolute atomic E-state index is 12.9. The molecule has 0 amide bonds. The highest BCUT2D eigenvalue weighted by Gasteiger charge is 2.34. The number of esters is 1. The topological polar surface area (TPSA) is 29.5 Å². The van der Waals surface area contributed by atoms with Gasteiger partial charge in [-0.15, -0.1) is 0 Å². The number of halogens is 1. The zero-order valence-corrected chi connectivity index (χ0v) is 10.7. The molecule has 1 aromatic rings. The summed E-state index contributed by atoms with van der Waals surface area (Å²) in [6, 6.07) is 6.42. The molecular formula is C14H18FNO2. The Morgan fingerprint density at radius 1 is 1.39 bits per heavy atom. The first-order valence-corrected chi connectivity index (χ1v) is 6.13. The predicted octanol–water partition coefficient (Wildman–Crippen LogP) is 2.03. The molecule has 1 aliphatic heterocycles. The van der Waals surface area contributed by atoms with E-state index >= 15 is 0 Å². The van der Waals surface area contributed by atoms with Crippen molar-refractivity contribution in [3.63, 3.8) is 0 Å². The van der Waals surface area contributed by atoms with E-state index in [2.05, 4.69) is 4.90 Å². The number of hydrogen-bond donors (Lipinski definition) is 0. The van der Waals surface area contributed by atoms with Crippen molar-refractivity contribution < 1.29 is 13.9 Å². The summed E-state index contributed by atoms with van der Waals surface area (Å²) >= 11 is 0. The van der Waals surface area contributed by atoms with Gasteiger partial charge in [0.05, 0.1) is 13.0 Å². The summed E-state index contributed by atoms with van der Waals surface area (Å²) in [6.45, 7) is 1.63. The number of ether oxygens (including phenoxy) is 1. The third-order valence-corrected chi connectivity index (χ3v) is 3.62. The molecule has 1 saturated heterocycles. The van der Waals surface area contributed by atoms with Gasteiger partial charge in [0.2, 0.25) is 0 Å². The summed E-state index contributed by atoms with van der Waals surface area (Å²) in [4.78, 5) is 14.0. The molecule has 0 saturated carbocycles. The minimum absolute atomic E-state index is 0.120. The molecule has 0 bridgehead atoms. The fourth-order valence-corrected chi connectivity index (χ4v) is 2.61. The van der Waals surface area contributed by atoms with Gasteiger partial charge in [-0.05, 0) is 43.6 Å². The number of carbonyl (C=O) groups is 1. The predicted molar refractivity (Wildman–Crippen MR) is 66.8 cm³/mol. The molecule has 1 unspecified atom stereocenters. The Bertz CT molecular complexity index is 418. The summed E-state index contributed by atoms with van der Waals surface area (Å²) in [5.41, 5.74) is 1.01. The second kappa shape index (κ2) is 5.48. The van der Waals surface area contributed by atoms with Gasteiger partial charge in [-0.25, -0.2) is 4.39 Å². The molecule has 0 spiro atoms. The normalized spacial score (nSPS) is 24.8. The summed E-state index contributed by atoms with van der Waals surface area (Å²) in [5.74, 6) is -0.481. The molecule has 0 N–H and O–H groups in total. The molecule has 0 aromatic heterocycles. The smallest absolute Gasteiger partial charge is 0.310 e. The van der Waals surface area contributed by atoms with Gasteiger partial charge < -0.3 is 9.64 Å². The van der Waals surface area contributed by atoms with Gasteiger partial charge in [0, 0.05) is 6.54 Å². The van der Waals surface area contributed by atoms with Crippen LogP contribution in [0.5, 0.6) is 0 Å². The molecule has 4 heteroatoms. The van der Waals surface area contributed by atoms with Crippen LogP contribution in [-0.4, -0.2) is 38.1 Å². The van der Waals surface area contributed by atoms with Crippen LogP contribution in [0.1, 0.15) is 17.9 Å². The van der Waals surface area contributed by atoms with Crippen molar-refractivity contribution in [1.29, 1.82) is 0 Å². The molecular weight excluding hydrogens is 233 g/mol. The van der Waals surface area contributed by atoms with Crippen LogP contribution < -0.4 is 0 Å². The Hall–Kier alpha value is -1.42. The van der Waals surface area contributed by atoms with Gasteiger partial charge in [0.15, 0.2) is 0 Å². The first kappa shape index (κ1) is 13.0. The molecule has 0 radical (unpaired) electrons. The van der Waals surface area contributed by atoms with E-state index in [9.17, 15) is 9.18 Å². The lowest BCUT2D eigenvalue weighted by Gasteiger charge is -2.35. The average Bonchev–Trinajstić information content (AvgIpc) is 2.39. The first-order chi connectivity index (χ1) is 8.61. The standard InChI is InChI=1S/C14H18FNO2/c1-16-8-7-12(13(9-16)14(17)18-2)10-3-5-11(15)6-4-10/h3-6,12-13H,7-9H2,1-2H3/t12-,13?/m0/s1. The minimum Gasteiger partial charge on any atom is -0.469 e. The lowest BCUT2D eigenvalue weighted by atomic mass is 9.80. The number of likely N-dealkylation sites (tertiary alicyclic amines) is 1. The van der Waals surface area contributed by atoms with Gasteiger partial charge in [0.1, 0.15) is 5.82 Å². The molecule has 0 aliphatic carbocycles. The van der Waals surface area contributed by atoms with Crippen molar-refractivity contribution in [1.82, 2.24) is 4.90 Å². The number of carbonyl (C=O) groups excluding carboxylic acids is 1. The number of nitrogens with zero attached hydrogens (tertiary/aromatic N) is 1. The van der Waals surface area contributed by atoms with Crippen molar-refractivity contribution >= 4 is 5.97 Å². The van der Waals surface area contributed by atoms with E-state index in [1.165, 1.54) is 19.2 Å².